The summed E-state index contributed by atoms with van der Waals surface area (Å²) in [6.45, 7) is 6.10. The van der Waals surface area contributed by atoms with Crippen LogP contribution in [0.1, 0.15) is 39.5 Å². The number of piperidine rings is 1. The highest BCUT2D eigenvalue weighted by Gasteiger charge is 2.34. The Kier molecular flexibility index (Phi) is 2.40. The van der Waals surface area contributed by atoms with E-state index in [1.165, 1.54) is 32.2 Å². The average Bonchev–Trinajstić information content (AvgIpc) is 2.04. The van der Waals surface area contributed by atoms with Crippen LogP contribution < -0.4 is 5.32 Å². The molecule has 1 saturated carbocycles. The summed E-state index contributed by atoms with van der Waals surface area (Å²) in [5, 5.41) is 3.68. The second-order valence-corrected chi connectivity index (χ2v) is 4.91. The van der Waals surface area contributed by atoms with E-state index < -0.39 is 0 Å². The lowest BCUT2D eigenvalue weighted by molar-refractivity contribution is 0.125. The first-order chi connectivity index (χ1) is 5.77. The molecular formula is C11H21N. The van der Waals surface area contributed by atoms with Crippen molar-refractivity contribution in [2.45, 2.75) is 45.6 Å². The molecule has 12 heavy (non-hydrogen) atoms. The molecule has 4 atom stereocenters. The summed E-state index contributed by atoms with van der Waals surface area (Å²) in [4.78, 5) is 0. The zero-order chi connectivity index (χ0) is 8.55. The lowest BCUT2D eigenvalue weighted by Crippen LogP contribution is -2.48. The zero-order valence-corrected chi connectivity index (χ0v) is 8.34. The van der Waals surface area contributed by atoms with Gasteiger partial charge < -0.3 is 5.32 Å². The molecule has 1 nitrogen and oxygen atoms in total. The Labute approximate surface area is 75.9 Å². The fourth-order valence-corrected chi connectivity index (χ4v) is 3.03. The molecule has 1 aliphatic heterocycles. The Morgan fingerprint density at radius 1 is 1.08 bits per heavy atom. The second-order valence-electron chi connectivity index (χ2n) is 4.91. The maximum atomic E-state index is 3.68. The molecule has 70 valence electrons. The van der Waals surface area contributed by atoms with Crippen molar-refractivity contribution in [2.75, 3.05) is 6.54 Å². The van der Waals surface area contributed by atoms with Crippen molar-refractivity contribution in [1.29, 1.82) is 0 Å². The normalized spacial score (nSPS) is 48.5. The van der Waals surface area contributed by atoms with Gasteiger partial charge in [-0.05, 0) is 43.6 Å². The minimum atomic E-state index is 0.859. The Hall–Kier alpha value is -0.0400. The van der Waals surface area contributed by atoms with Crippen molar-refractivity contribution >= 4 is 0 Å². The van der Waals surface area contributed by atoms with Gasteiger partial charge in [0.15, 0.2) is 0 Å². The number of nitrogens with one attached hydrogen (secondary N) is 1. The van der Waals surface area contributed by atoms with Crippen LogP contribution in [0.3, 0.4) is 0 Å². The molecule has 0 amide bonds. The Balaban J connectivity index is 1.99. The summed E-state index contributed by atoms with van der Waals surface area (Å²) in [5.74, 6) is 2.93. The molecule has 2 aliphatic rings. The molecule has 0 radical (unpaired) electrons. The third-order valence-electron chi connectivity index (χ3n) is 3.90. The minimum absolute atomic E-state index is 0.859. The molecule has 0 bridgehead atoms. The highest BCUT2D eigenvalue weighted by Crippen LogP contribution is 2.36. The number of hydrogen-bond donors (Lipinski definition) is 1. The van der Waals surface area contributed by atoms with E-state index in [0.29, 0.717) is 0 Å². The molecule has 0 unspecified atom stereocenters. The molecule has 0 aromatic heterocycles. The van der Waals surface area contributed by atoms with Gasteiger partial charge in [0.05, 0.1) is 0 Å². The van der Waals surface area contributed by atoms with E-state index in [4.69, 9.17) is 0 Å². The quantitative estimate of drug-likeness (QED) is 0.584. The summed E-state index contributed by atoms with van der Waals surface area (Å²) < 4.78 is 0. The van der Waals surface area contributed by atoms with Crippen LogP contribution in [0.2, 0.25) is 0 Å². The van der Waals surface area contributed by atoms with Gasteiger partial charge in [-0.2, -0.15) is 0 Å². The molecule has 1 aliphatic carbocycles. The first-order valence-electron chi connectivity index (χ1n) is 5.50. The maximum Gasteiger partial charge on any atom is 0.0100 e. The molecular weight excluding hydrogens is 146 g/mol. The predicted molar refractivity (Wildman–Crippen MR) is 52.1 cm³/mol. The van der Waals surface area contributed by atoms with Crippen LogP contribution >= 0.6 is 0 Å². The zero-order valence-electron chi connectivity index (χ0n) is 8.34. The van der Waals surface area contributed by atoms with Crippen molar-refractivity contribution in [3.05, 3.63) is 0 Å². The van der Waals surface area contributed by atoms with Crippen molar-refractivity contribution in [3.8, 4) is 0 Å². The van der Waals surface area contributed by atoms with Gasteiger partial charge in [0, 0.05) is 6.04 Å². The minimum Gasteiger partial charge on any atom is -0.314 e. The van der Waals surface area contributed by atoms with Gasteiger partial charge in [-0.3, -0.25) is 0 Å². The van der Waals surface area contributed by atoms with Crippen LogP contribution in [0, 0.1) is 17.8 Å². The molecule has 2 fully saturated rings. The van der Waals surface area contributed by atoms with E-state index in [-0.39, 0.29) is 0 Å². The van der Waals surface area contributed by atoms with Crippen LogP contribution in [0.25, 0.3) is 0 Å². The molecule has 1 heteroatoms. The third kappa shape index (κ3) is 1.52. The Morgan fingerprint density at radius 2 is 1.92 bits per heavy atom. The van der Waals surface area contributed by atoms with E-state index in [0.717, 1.165) is 23.8 Å². The highest BCUT2D eigenvalue weighted by atomic mass is 14.9. The number of hydrogen-bond acceptors (Lipinski definition) is 1. The van der Waals surface area contributed by atoms with Crippen LogP contribution in [-0.4, -0.2) is 12.6 Å². The van der Waals surface area contributed by atoms with Crippen LogP contribution in [-0.2, 0) is 0 Å². The van der Waals surface area contributed by atoms with E-state index in [1.807, 2.05) is 0 Å². The number of rotatable bonds is 0. The van der Waals surface area contributed by atoms with Crippen molar-refractivity contribution in [2.24, 2.45) is 17.8 Å². The first kappa shape index (κ1) is 8.55. The summed E-state index contributed by atoms with van der Waals surface area (Å²) in [5.41, 5.74) is 0. The smallest absolute Gasteiger partial charge is 0.0100 e. The van der Waals surface area contributed by atoms with Crippen molar-refractivity contribution < 1.29 is 0 Å². The SMILES string of the molecule is C[C@H]1CC[C@@H]2[C@H](C1)NCC[C@@H]2C. The summed E-state index contributed by atoms with van der Waals surface area (Å²) >= 11 is 0. The van der Waals surface area contributed by atoms with E-state index in [1.54, 1.807) is 0 Å². The standard InChI is InChI=1S/C11H21N/c1-8-3-4-10-9(2)5-6-12-11(10)7-8/h8-12H,3-7H2,1-2H3/t8-,9-,10-,11-/m0/s1. The monoisotopic (exact) mass is 167 g/mol. The van der Waals surface area contributed by atoms with Crippen LogP contribution in [0.15, 0.2) is 0 Å². The molecule has 0 aromatic rings. The first-order valence-corrected chi connectivity index (χ1v) is 5.50. The highest BCUT2D eigenvalue weighted by molar-refractivity contribution is 4.89. The molecule has 1 N–H and O–H groups in total. The van der Waals surface area contributed by atoms with Gasteiger partial charge in [-0.15, -0.1) is 0 Å². The lowest BCUT2D eigenvalue weighted by Gasteiger charge is -2.42. The molecule has 0 spiro atoms. The fraction of sp³-hybridized carbons (Fsp3) is 1.00. The average molecular weight is 167 g/mol. The van der Waals surface area contributed by atoms with Crippen molar-refractivity contribution in [1.82, 2.24) is 5.32 Å². The third-order valence-corrected chi connectivity index (χ3v) is 3.90. The van der Waals surface area contributed by atoms with Crippen molar-refractivity contribution in [3.63, 3.8) is 0 Å². The lowest BCUT2D eigenvalue weighted by atomic mass is 9.71. The molecule has 0 aromatic carbocycles. The van der Waals surface area contributed by atoms with Gasteiger partial charge >= 0.3 is 0 Å². The number of fused-ring (bicyclic) bond motifs is 1. The summed E-state index contributed by atoms with van der Waals surface area (Å²) in [6.07, 6.45) is 5.76. The second kappa shape index (κ2) is 3.37. The van der Waals surface area contributed by atoms with E-state index in [9.17, 15) is 0 Å². The topological polar surface area (TPSA) is 12.0 Å². The molecule has 2 rings (SSSR count). The van der Waals surface area contributed by atoms with Gasteiger partial charge in [0.1, 0.15) is 0 Å². The Morgan fingerprint density at radius 3 is 2.75 bits per heavy atom. The maximum absolute atomic E-state index is 3.68. The molecule has 1 saturated heterocycles. The van der Waals surface area contributed by atoms with E-state index in [2.05, 4.69) is 19.2 Å². The van der Waals surface area contributed by atoms with Gasteiger partial charge in [0.25, 0.3) is 0 Å². The summed E-state index contributed by atoms with van der Waals surface area (Å²) in [7, 11) is 0. The molecule has 1 heterocycles. The Bertz CT molecular complexity index is 155. The largest absolute Gasteiger partial charge is 0.314 e. The fourth-order valence-electron chi connectivity index (χ4n) is 3.03. The van der Waals surface area contributed by atoms with E-state index >= 15 is 0 Å². The van der Waals surface area contributed by atoms with Crippen LogP contribution in [0.4, 0.5) is 0 Å². The summed E-state index contributed by atoms with van der Waals surface area (Å²) in [6, 6.07) is 0.859. The van der Waals surface area contributed by atoms with Crippen LogP contribution in [0.5, 0.6) is 0 Å². The van der Waals surface area contributed by atoms with Gasteiger partial charge in [0.2, 0.25) is 0 Å². The van der Waals surface area contributed by atoms with Gasteiger partial charge in [-0.1, -0.05) is 20.3 Å². The van der Waals surface area contributed by atoms with Gasteiger partial charge in [-0.25, -0.2) is 0 Å². The predicted octanol–water partition coefficient (Wildman–Crippen LogP) is 2.42.